The molecule has 3 rings (SSSR count). The van der Waals surface area contributed by atoms with E-state index in [0.29, 0.717) is 29.5 Å². The highest BCUT2D eigenvalue weighted by atomic mass is 35.5. The molecule has 1 atom stereocenters. The third kappa shape index (κ3) is 3.57. The standard InChI is InChI=1S/C20H20ClNO5/c1-25-16-10-12-7-8-22(19(23)20(24)27-3)18(15(12)11-17(16)26-2)13-5-4-6-14(21)9-13/h4-6,9-11,18H,7-8H2,1-3H3/t18-/m1/s1. The van der Waals surface area contributed by atoms with Crippen molar-refractivity contribution in [2.24, 2.45) is 0 Å². The van der Waals surface area contributed by atoms with Crippen molar-refractivity contribution in [3.63, 3.8) is 0 Å². The van der Waals surface area contributed by atoms with Crippen LogP contribution in [0.15, 0.2) is 36.4 Å². The molecule has 142 valence electrons. The highest BCUT2D eigenvalue weighted by Crippen LogP contribution is 2.41. The van der Waals surface area contributed by atoms with Gasteiger partial charge in [-0.1, -0.05) is 23.7 Å². The van der Waals surface area contributed by atoms with Gasteiger partial charge in [-0.05, 0) is 47.4 Å². The normalized spacial score (nSPS) is 15.7. The SMILES string of the molecule is COC(=O)C(=O)N1CCc2cc(OC)c(OC)cc2[C@H]1c1cccc(Cl)c1. The van der Waals surface area contributed by atoms with Gasteiger partial charge < -0.3 is 19.1 Å². The van der Waals surface area contributed by atoms with Gasteiger partial charge in [-0.3, -0.25) is 4.79 Å². The lowest BCUT2D eigenvalue weighted by atomic mass is 9.87. The highest BCUT2D eigenvalue weighted by molar-refractivity contribution is 6.32. The van der Waals surface area contributed by atoms with Crippen LogP contribution in [0.4, 0.5) is 0 Å². The fourth-order valence-electron chi connectivity index (χ4n) is 3.41. The number of amides is 1. The molecule has 1 aliphatic heterocycles. The second-order valence-electron chi connectivity index (χ2n) is 6.10. The lowest BCUT2D eigenvalue weighted by Gasteiger charge is -2.37. The molecule has 0 saturated carbocycles. The summed E-state index contributed by atoms with van der Waals surface area (Å²) in [7, 11) is 4.33. The molecule has 0 radical (unpaired) electrons. The van der Waals surface area contributed by atoms with Gasteiger partial charge in [0, 0.05) is 11.6 Å². The minimum absolute atomic E-state index is 0.369. The first-order valence-corrected chi connectivity index (χ1v) is 8.77. The van der Waals surface area contributed by atoms with Gasteiger partial charge in [-0.25, -0.2) is 4.79 Å². The molecule has 7 heteroatoms. The van der Waals surface area contributed by atoms with Crippen LogP contribution in [0, 0.1) is 0 Å². The van der Waals surface area contributed by atoms with Gasteiger partial charge >= 0.3 is 11.9 Å². The van der Waals surface area contributed by atoms with Gasteiger partial charge in [0.15, 0.2) is 11.5 Å². The van der Waals surface area contributed by atoms with Crippen molar-refractivity contribution in [3.8, 4) is 11.5 Å². The van der Waals surface area contributed by atoms with Crippen LogP contribution < -0.4 is 9.47 Å². The number of methoxy groups -OCH3 is 3. The summed E-state index contributed by atoms with van der Waals surface area (Å²) in [5.74, 6) is -0.418. The number of esters is 1. The molecule has 0 aromatic heterocycles. The molecule has 1 amide bonds. The van der Waals surface area contributed by atoms with Crippen LogP contribution in [-0.4, -0.2) is 44.7 Å². The minimum Gasteiger partial charge on any atom is -0.493 e. The van der Waals surface area contributed by atoms with E-state index in [0.717, 1.165) is 16.7 Å². The Morgan fingerprint density at radius 2 is 1.78 bits per heavy atom. The smallest absolute Gasteiger partial charge is 0.396 e. The summed E-state index contributed by atoms with van der Waals surface area (Å²) in [6, 6.07) is 10.5. The quantitative estimate of drug-likeness (QED) is 0.596. The molecule has 1 aliphatic rings. The Kier molecular flexibility index (Phi) is 5.56. The highest BCUT2D eigenvalue weighted by Gasteiger charge is 2.36. The van der Waals surface area contributed by atoms with E-state index in [4.69, 9.17) is 21.1 Å². The minimum atomic E-state index is -0.897. The van der Waals surface area contributed by atoms with Crippen molar-refractivity contribution in [2.75, 3.05) is 27.9 Å². The maximum absolute atomic E-state index is 12.6. The van der Waals surface area contributed by atoms with E-state index in [-0.39, 0.29) is 0 Å². The zero-order valence-corrected chi connectivity index (χ0v) is 16.1. The average molecular weight is 390 g/mol. The van der Waals surface area contributed by atoms with E-state index in [1.54, 1.807) is 26.4 Å². The number of fused-ring (bicyclic) bond motifs is 1. The third-order valence-electron chi connectivity index (χ3n) is 4.66. The summed E-state index contributed by atoms with van der Waals surface area (Å²) in [6.07, 6.45) is 0.579. The van der Waals surface area contributed by atoms with Crippen LogP contribution in [0.3, 0.4) is 0 Å². The molecule has 0 N–H and O–H groups in total. The molecule has 0 aliphatic carbocycles. The maximum atomic E-state index is 12.6. The molecule has 0 fully saturated rings. The average Bonchev–Trinajstić information content (AvgIpc) is 2.70. The van der Waals surface area contributed by atoms with Crippen LogP contribution in [-0.2, 0) is 20.7 Å². The zero-order chi connectivity index (χ0) is 19.6. The predicted octanol–water partition coefficient (Wildman–Crippen LogP) is 3.00. The Morgan fingerprint density at radius 3 is 2.41 bits per heavy atom. The molecule has 0 unspecified atom stereocenters. The molecule has 2 aromatic rings. The number of hydrogen-bond acceptors (Lipinski definition) is 5. The molecule has 1 heterocycles. The van der Waals surface area contributed by atoms with Gasteiger partial charge in [0.1, 0.15) is 0 Å². The molecule has 27 heavy (non-hydrogen) atoms. The van der Waals surface area contributed by atoms with Crippen molar-refractivity contribution >= 4 is 23.5 Å². The summed E-state index contributed by atoms with van der Waals surface area (Å²) in [5.41, 5.74) is 2.68. The van der Waals surface area contributed by atoms with E-state index in [1.807, 2.05) is 24.3 Å². The van der Waals surface area contributed by atoms with Gasteiger partial charge in [0.2, 0.25) is 0 Å². The Balaban J connectivity index is 2.17. The molecular weight excluding hydrogens is 370 g/mol. The fraction of sp³-hybridized carbons (Fsp3) is 0.300. The molecule has 0 saturated heterocycles. The molecule has 6 nitrogen and oxygen atoms in total. The van der Waals surface area contributed by atoms with Gasteiger partial charge in [-0.15, -0.1) is 0 Å². The van der Waals surface area contributed by atoms with Crippen LogP contribution in [0.1, 0.15) is 22.7 Å². The zero-order valence-electron chi connectivity index (χ0n) is 15.3. The number of hydrogen-bond donors (Lipinski definition) is 0. The van der Waals surface area contributed by atoms with Crippen molar-refractivity contribution in [1.82, 2.24) is 4.90 Å². The van der Waals surface area contributed by atoms with E-state index in [1.165, 1.54) is 12.0 Å². The maximum Gasteiger partial charge on any atom is 0.396 e. The first-order chi connectivity index (χ1) is 13.0. The Bertz CT molecular complexity index is 883. The van der Waals surface area contributed by atoms with E-state index in [2.05, 4.69) is 4.74 Å². The van der Waals surface area contributed by atoms with Gasteiger partial charge in [0.05, 0.1) is 27.4 Å². The summed E-state index contributed by atoms with van der Waals surface area (Å²) < 4.78 is 15.5. The number of benzene rings is 2. The number of carbonyl (C=O) groups is 2. The Morgan fingerprint density at radius 1 is 1.07 bits per heavy atom. The first kappa shape index (κ1) is 19.0. The molecular formula is C20H20ClNO5. The first-order valence-electron chi connectivity index (χ1n) is 8.39. The van der Waals surface area contributed by atoms with Crippen molar-refractivity contribution in [2.45, 2.75) is 12.5 Å². The molecule has 0 spiro atoms. The Hall–Kier alpha value is -2.73. The van der Waals surface area contributed by atoms with Crippen LogP contribution in [0.25, 0.3) is 0 Å². The molecule has 0 bridgehead atoms. The number of nitrogens with zero attached hydrogens (tertiary/aromatic N) is 1. The monoisotopic (exact) mass is 389 g/mol. The second-order valence-corrected chi connectivity index (χ2v) is 6.54. The number of rotatable bonds is 3. The van der Waals surface area contributed by atoms with Crippen LogP contribution >= 0.6 is 11.6 Å². The topological polar surface area (TPSA) is 65.1 Å². The summed E-state index contributed by atoms with van der Waals surface area (Å²) >= 11 is 6.17. The lowest BCUT2D eigenvalue weighted by molar-refractivity contribution is -0.159. The van der Waals surface area contributed by atoms with Gasteiger partial charge in [-0.2, -0.15) is 0 Å². The number of carbonyl (C=O) groups excluding carboxylic acids is 2. The summed E-state index contributed by atoms with van der Waals surface area (Å²) in [6.45, 7) is 0.369. The van der Waals surface area contributed by atoms with Crippen molar-refractivity contribution in [3.05, 3.63) is 58.1 Å². The van der Waals surface area contributed by atoms with E-state index < -0.39 is 17.9 Å². The summed E-state index contributed by atoms with van der Waals surface area (Å²) in [4.78, 5) is 26.1. The fourth-order valence-corrected chi connectivity index (χ4v) is 3.60. The van der Waals surface area contributed by atoms with Crippen molar-refractivity contribution in [1.29, 1.82) is 0 Å². The van der Waals surface area contributed by atoms with E-state index in [9.17, 15) is 9.59 Å². The lowest BCUT2D eigenvalue weighted by Crippen LogP contribution is -2.44. The summed E-state index contributed by atoms with van der Waals surface area (Å²) in [5, 5.41) is 0.547. The predicted molar refractivity (Wildman–Crippen MR) is 100 cm³/mol. The molecule has 2 aromatic carbocycles. The van der Waals surface area contributed by atoms with Crippen LogP contribution in [0.2, 0.25) is 5.02 Å². The van der Waals surface area contributed by atoms with Crippen molar-refractivity contribution < 1.29 is 23.8 Å². The number of ether oxygens (including phenoxy) is 3. The third-order valence-corrected chi connectivity index (χ3v) is 4.89. The largest absolute Gasteiger partial charge is 0.493 e. The van der Waals surface area contributed by atoms with Crippen LogP contribution in [0.5, 0.6) is 11.5 Å². The second kappa shape index (κ2) is 7.88. The van der Waals surface area contributed by atoms with E-state index >= 15 is 0 Å². The Labute approximate surface area is 162 Å². The van der Waals surface area contributed by atoms with Gasteiger partial charge in [0.25, 0.3) is 0 Å². The number of halogens is 1.